The van der Waals surface area contributed by atoms with E-state index < -0.39 is 10.0 Å². The topological polar surface area (TPSA) is 82.0 Å². The maximum absolute atomic E-state index is 11.5. The number of para-hydroxylation sites is 1. The zero-order valence-electron chi connectivity index (χ0n) is 9.12. The molecule has 0 amide bonds. The Morgan fingerprint density at radius 1 is 1.29 bits per heavy atom. The van der Waals surface area contributed by atoms with Crippen LogP contribution >= 0.6 is 0 Å². The lowest BCUT2D eigenvalue weighted by Crippen LogP contribution is -2.07. The van der Waals surface area contributed by atoms with E-state index in [1.807, 2.05) is 0 Å². The molecule has 0 fully saturated rings. The zero-order chi connectivity index (χ0) is 12.7. The third-order valence-corrected chi connectivity index (χ3v) is 3.04. The summed E-state index contributed by atoms with van der Waals surface area (Å²) in [6.45, 7) is 0.527. The van der Waals surface area contributed by atoms with Crippen molar-refractivity contribution >= 4 is 16.1 Å². The van der Waals surface area contributed by atoms with Crippen molar-refractivity contribution in [1.29, 1.82) is 0 Å². The highest BCUT2D eigenvalue weighted by atomic mass is 32.2. The minimum atomic E-state index is -4.04. The summed E-state index contributed by atoms with van der Waals surface area (Å²) in [4.78, 5) is 9.87. The van der Waals surface area contributed by atoms with E-state index in [0.29, 0.717) is 6.61 Å². The Balaban J connectivity index is 3.04. The van der Waals surface area contributed by atoms with Gasteiger partial charge in [0.1, 0.15) is 17.3 Å². The number of methoxy groups -OCH3 is 1. The van der Waals surface area contributed by atoms with Crippen LogP contribution in [0.5, 0.6) is 5.75 Å². The van der Waals surface area contributed by atoms with Crippen molar-refractivity contribution in [2.24, 2.45) is 4.40 Å². The van der Waals surface area contributed by atoms with E-state index in [-0.39, 0.29) is 17.3 Å². The second-order valence-electron chi connectivity index (χ2n) is 2.95. The lowest BCUT2D eigenvalue weighted by atomic mass is 10.3. The SMILES string of the molecule is COCCOc1ccccc1S(=O)(=O)N=C=O. The fraction of sp³-hybridized carbons (Fsp3) is 0.300. The number of sulfonamides is 1. The third-order valence-electron chi connectivity index (χ3n) is 1.83. The molecule has 0 aliphatic carbocycles. The molecule has 0 saturated heterocycles. The van der Waals surface area contributed by atoms with Gasteiger partial charge in [0.25, 0.3) is 16.1 Å². The molecule has 0 saturated carbocycles. The van der Waals surface area contributed by atoms with E-state index in [2.05, 4.69) is 4.40 Å². The molecular formula is C10H11NO5S. The van der Waals surface area contributed by atoms with E-state index in [4.69, 9.17) is 9.47 Å². The van der Waals surface area contributed by atoms with E-state index in [1.54, 1.807) is 6.07 Å². The summed E-state index contributed by atoms with van der Waals surface area (Å²) in [7, 11) is -2.54. The molecule has 7 heteroatoms. The summed E-state index contributed by atoms with van der Waals surface area (Å²) >= 11 is 0. The monoisotopic (exact) mass is 257 g/mol. The molecule has 0 spiro atoms. The Morgan fingerprint density at radius 2 is 2.00 bits per heavy atom. The van der Waals surface area contributed by atoms with Crippen molar-refractivity contribution in [3.63, 3.8) is 0 Å². The van der Waals surface area contributed by atoms with Gasteiger partial charge in [-0.2, -0.15) is 8.42 Å². The van der Waals surface area contributed by atoms with Crippen LogP contribution < -0.4 is 4.74 Å². The highest BCUT2D eigenvalue weighted by molar-refractivity contribution is 7.90. The number of hydrogen-bond acceptors (Lipinski definition) is 5. The van der Waals surface area contributed by atoms with Crippen molar-refractivity contribution in [2.75, 3.05) is 20.3 Å². The molecule has 0 aromatic heterocycles. The van der Waals surface area contributed by atoms with Crippen molar-refractivity contribution < 1.29 is 22.7 Å². The first-order valence-electron chi connectivity index (χ1n) is 4.66. The zero-order valence-corrected chi connectivity index (χ0v) is 9.94. The summed E-state index contributed by atoms with van der Waals surface area (Å²) in [6, 6.07) is 5.91. The fourth-order valence-corrected chi connectivity index (χ4v) is 1.94. The second-order valence-corrected chi connectivity index (χ2v) is 4.52. The molecule has 0 unspecified atom stereocenters. The molecule has 0 bridgehead atoms. The standard InChI is InChI=1S/C10H11NO5S/c1-15-6-7-16-9-4-2-3-5-10(9)17(13,14)11-8-12/h2-5H,6-7H2,1H3. The summed E-state index contributed by atoms with van der Waals surface area (Å²) in [6.07, 6.45) is 1.01. The quantitative estimate of drug-likeness (QED) is 0.426. The van der Waals surface area contributed by atoms with E-state index in [9.17, 15) is 13.2 Å². The molecule has 1 aromatic carbocycles. The molecule has 1 aromatic rings. The lowest BCUT2D eigenvalue weighted by Gasteiger charge is -2.08. The van der Waals surface area contributed by atoms with Crippen LogP contribution in [0.3, 0.4) is 0 Å². The van der Waals surface area contributed by atoms with Crippen molar-refractivity contribution in [3.8, 4) is 5.75 Å². The van der Waals surface area contributed by atoms with Crippen LogP contribution in [-0.4, -0.2) is 34.8 Å². The summed E-state index contributed by atoms with van der Waals surface area (Å²) in [5.74, 6) is 0.128. The van der Waals surface area contributed by atoms with Gasteiger partial charge in [-0.25, -0.2) is 4.79 Å². The average Bonchev–Trinajstić information content (AvgIpc) is 2.30. The summed E-state index contributed by atoms with van der Waals surface area (Å²) < 4.78 is 35.9. The average molecular weight is 257 g/mol. The van der Waals surface area contributed by atoms with Gasteiger partial charge in [0.05, 0.1) is 6.61 Å². The van der Waals surface area contributed by atoms with Crippen LogP contribution in [0.25, 0.3) is 0 Å². The molecule has 17 heavy (non-hydrogen) atoms. The van der Waals surface area contributed by atoms with Crippen LogP contribution in [0.15, 0.2) is 33.6 Å². The van der Waals surface area contributed by atoms with Crippen LogP contribution in [0, 0.1) is 0 Å². The van der Waals surface area contributed by atoms with Gasteiger partial charge in [0.2, 0.25) is 0 Å². The number of rotatable bonds is 6. The van der Waals surface area contributed by atoms with Crippen LogP contribution in [0.4, 0.5) is 0 Å². The van der Waals surface area contributed by atoms with Crippen LogP contribution in [0.2, 0.25) is 0 Å². The van der Waals surface area contributed by atoms with Crippen molar-refractivity contribution in [2.45, 2.75) is 4.90 Å². The molecular weight excluding hydrogens is 246 g/mol. The maximum Gasteiger partial charge on any atom is 0.296 e. The third kappa shape index (κ3) is 3.67. The van der Waals surface area contributed by atoms with Gasteiger partial charge in [0, 0.05) is 7.11 Å². The molecule has 0 aliphatic rings. The minimum Gasteiger partial charge on any atom is -0.490 e. The van der Waals surface area contributed by atoms with E-state index in [1.165, 1.54) is 25.3 Å². The first-order chi connectivity index (χ1) is 8.11. The van der Waals surface area contributed by atoms with Gasteiger partial charge in [0.15, 0.2) is 0 Å². The second kappa shape index (κ2) is 6.15. The minimum absolute atomic E-state index is 0.128. The number of carbonyl (C=O) groups excluding carboxylic acids is 1. The Bertz CT molecular complexity index is 519. The van der Waals surface area contributed by atoms with Crippen LogP contribution in [0.1, 0.15) is 0 Å². The molecule has 0 aliphatic heterocycles. The molecule has 0 radical (unpaired) electrons. The first kappa shape index (κ1) is 13.4. The van der Waals surface area contributed by atoms with Gasteiger partial charge >= 0.3 is 0 Å². The van der Waals surface area contributed by atoms with E-state index >= 15 is 0 Å². The number of ether oxygens (including phenoxy) is 2. The van der Waals surface area contributed by atoms with Gasteiger partial charge in [-0.05, 0) is 12.1 Å². The Morgan fingerprint density at radius 3 is 2.65 bits per heavy atom. The molecule has 0 N–H and O–H groups in total. The first-order valence-corrected chi connectivity index (χ1v) is 6.10. The number of nitrogens with zero attached hydrogens (tertiary/aromatic N) is 1. The summed E-state index contributed by atoms with van der Waals surface area (Å²) in [5, 5.41) is 0. The van der Waals surface area contributed by atoms with Crippen molar-refractivity contribution in [3.05, 3.63) is 24.3 Å². The van der Waals surface area contributed by atoms with Gasteiger partial charge in [-0.15, -0.1) is 0 Å². The Hall–Kier alpha value is -1.69. The number of benzene rings is 1. The van der Waals surface area contributed by atoms with Gasteiger partial charge < -0.3 is 9.47 Å². The normalized spacial score (nSPS) is 10.6. The molecule has 6 nitrogen and oxygen atoms in total. The predicted octanol–water partition coefficient (Wildman–Crippen LogP) is 0.736. The molecule has 92 valence electrons. The Kier molecular flexibility index (Phi) is 4.84. The molecule has 0 atom stereocenters. The fourth-order valence-electron chi connectivity index (χ4n) is 1.12. The number of isocyanates is 1. The highest BCUT2D eigenvalue weighted by Crippen LogP contribution is 2.24. The molecule has 1 rings (SSSR count). The number of hydrogen-bond donors (Lipinski definition) is 0. The largest absolute Gasteiger partial charge is 0.490 e. The highest BCUT2D eigenvalue weighted by Gasteiger charge is 2.18. The molecule has 0 heterocycles. The van der Waals surface area contributed by atoms with Gasteiger partial charge in [-0.3, -0.25) is 0 Å². The summed E-state index contributed by atoms with van der Waals surface area (Å²) in [5.41, 5.74) is 0. The van der Waals surface area contributed by atoms with E-state index in [0.717, 1.165) is 6.08 Å². The van der Waals surface area contributed by atoms with Gasteiger partial charge in [-0.1, -0.05) is 16.5 Å². The smallest absolute Gasteiger partial charge is 0.296 e. The maximum atomic E-state index is 11.5. The van der Waals surface area contributed by atoms with Crippen molar-refractivity contribution in [1.82, 2.24) is 0 Å². The Labute approximate surface area is 98.9 Å². The predicted molar refractivity (Wildman–Crippen MR) is 59.1 cm³/mol. The lowest BCUT2D eigenvalue weighted by molar-refractivity contribution is 0.144. The van der Waals surface area contributed by atoms with Crippen LogP contribution in [-0.2, 0) is 19.6 Å².